The molecule has 1 N–H and O–H groups in total. The maximum absolute atomic E-state index is 12.9. The summed E-state index contributed by atoms with van der Waals surface area (Å²) in [6.45, 7) is 2.63. The number of rotatable bonds is 11. The second-order valence-electron chi connectivity index (χ2n) is 8.02. The lowest BCUT2D eigenvalue weighted by Crippen LogP contribution is -2.36. The molecular formula is C28H30N2O4. The Morgan fingerprint density at radius 1 is 0.824 bits per heavy atom. The molecule has 6 heteroatoms. The molecule has 3 rings (SSSR count). The number of carbonyl (C=O) groups excluding carboxylic acids is 3. The summed E-state index contributed by atoms with van der Waals surface area (Å²) in [4.78, 5) is 39.0. The third-order valence-electron chi connectivity index (χ3n) is 5.44. The van der Waals surface area contributed by atoms with Crippen molar-refractivity contribution in [3.63, 3.8) is 0 Å². The average molecular weight is 459 g/mol. The van der Waals surface area contributed by atoms with Gasteiger partial charge in [-0.05, 0) is 36.1 Å². The highest BCUT2D eigenvalue weighted by Gasteiger charge is 2.17. The lowest BCUT2D eigenvalue weighted by molar-refractivity contribution is -0.152. The molecule has 3 aromatic rings. The molecule has 176 valence electrons. The van der Waals surface area contributed by atoms with Gasteiger partial charge in [0.25, 0.3) is 11.8 Å². The van der Waals surface area contributed by atoms with E-state index in [0.29, 0.717) is 25.1 Å². The van der Waals surface area contributed by atoms with E-state index in [0.717, 1.165) is 16.7 Å². The molecule has 0 bridgehead atoms. The number of benzene rings is 3. The van der Waals surface area contributed by atoms with Crippen LogP contribution in [0.15, 0.2) is 84.9 Å². The number of ether oxygens (including phenoxy) is 1. The lowest BCUT2D eigenvalue weighted by Gasteiger charge is -2.23. The molecule has 2 amide bonds. The normalized spacial score (nSPS) is 10.4. The van der Waals surface area contributed by atoms with E-state index in [4.69, 9.17) is 4.74 Å². The van der Waals surface area contributed by atoms with Gasteiger partial charge in [0.2, 0.25) is 0 Å². The first-order valence-corrected chi connectivity index (χ1v) is 11.4. The van der Waals surface area contributed by atoms with Crippen LogP contribution in [0.25, 0.3) is 0 Å². The van der Waals surface area contributed by atoms with Crippen LogP contribution in [-0.4, -0.2) is 42.4 Å². The summed E-state index contributed by atoms with van der Waals surface area (Å²) in [5.41, 5.74) is 3.58. The van der Waals surface area contributed by atoms with E-state index in [1.165, 1.54) is 0 Å². The Morgan fingerprint density at radius 2 is 1.44 bits per heavy atom. The molecule has 0 atom stereocenters. The first-order chi connectivity index (χ1) is 16.5. The van der Waals surface area contributed by atoms with Gasteiger partial charge in [0.15, 0.2) is 6.61 Å². The van der Waals surface area contributed by atoms with Crippen molar-refractivity contribution in [3.8, 4) is 0 Å². The number of hydrogen-bond donors (Lipinski definition) is 1. The van der Waals surface area contributed by atoms with Crippen molar-refractivity contribution in [2.75, 3.05) is 19.7 Å². The minimum Gasteiger partial charge on any atom is -0.456 e. The Morgan fingerprint density at radius 3 is 2.12 bits per heavy atom. The predicted octanol–water partition coefficient (Wildman–Crippen LogP) is 3.93. The molecule has 0 aromatic heterocycles. The minimum atomic E-state index is -0.527. The topological polar surface area (TPSA) is 75.7 Å². The minimum absolute atomic E-state index is 0.00635. The fourth-order valence-corrected chi connectivity index (χ4v) is 3.51. The molecule has 0 saturated heterocycles. The van der Waals surface area contributed by atoms with Gasteiger partial charge in [0.1, 0.15) is 0 Å². The SMILES string of the molecule is Cc1ccccc1C(=O)NCCC(=O)OCC(=O)N(CCc1ccccc1)Cc1ccccc1. The number of hydrogen-bond acceptors (Lipinski definition) is 4. The Bertz CT molecular complexity index is 1080. The molecule has 0 unspecified atom stereocenters. The molecule has 0 heterocycles. The van der Waals surface area contributed by atoms with Gasteiger partial charge < -0.3 is 15.0 Å². The quantitative estimate of drug-likeness (QED) is 0.442. The Labute approximate surface area is 200 Å². The van der Waals surface area contributed by atoms with Crippen molar-refractivity contribution in [1.29, 1.82) is 0 Å². The van der Waals surface area contributed by atoms with E-state index in [-0.39, 0.29) is 31.4 Å². The van der Waals surface area contributed by atoms with Gasteiger partial charge in [-0.3, -0.25) is 14.4 Å². The van der Waals surface area contributed by atoms with Crippen LogP contribution in [-0.2, 0) is 27.3 Å². The van der Waals surface area contributed by atoms with Crippen molar-refractivity contribution in [3.05, 3.63) is 107 Å². The maximum atomic E-state index is 12.9. The zero-order valence-corrected chi connectivity index (χ0v) is 19.4. The van der Waals surface area contributed by atoms with Gasteiger partial charge in [-0.25, -0.2) is 0 Å². The van der Waals surface area contributed by atoms with Crippen molar-refractivity contribution < 1.29 is 19.1 Å². The van der Waals surface area contributed by atoms with E-state index in [1.54, 1.807) is 17.0 Å². The summed E-state index contributed by atoms with van der Waals surface area (Å²) in [6.07, 6.45) is 0.700. The van der Waals surface area contributed by atoms with Crippen LogP contribution in [0.5, 0.6) is 0 Å². The summed E-state index contributed by atoms with van der Waals surface area (Å²) in [7, 11) is 0. The van der Waals surface area contributed by atoms with E-state index in [1.807, 2.05) is 79.7 Å². The average Bonchev–Trinajstić information content (AvgIpc) is 2.86. The second kappa shape index (κ2) is 12.9. The molecule has 0 aliphatic carbocycles. The summed E-state index contributed by atoms with van der Waals surface area (Å²) >= 11 is 0. The molecular weight excluding hydrogens is 428 g/mol. The van der Waals surface area contributed by atoms with Crippen LogP contribution >= 0.6 is 0 Å². The van der Waals surface area contributed by atoms with Gasteiger partial charge in [-0.2, -0.15) is 0 Å². The van der Waals surface area contributed by atoms with Crippen molar-refractivity contribution in [2.24, 2.45) is 0 Å². The summed E-state index contributed by atoms with van der Waals surface area (Å²) in [6, 6.07) is 26.9. The predicted molar refractivity (Wildman–Crippen MR) is 131 cm³/mol. The fourth-order valence-electron chi connectivity index (χ4n) is 3.51. The van der Waals surface area contributed by atoms with Crippen LogP contribution in [0.2, 0.25) is 0 Å². The number of carbonyl (C=O) groups is 3. The van der Waals surface area contributed by atoms with Crippen LogP contribution in [0.1, 0.15) is 33.5 Å². The van der Waals surface area contributed by atoms with Crippen molar-refractivity contribution >= 4 is 17.8 Å². The zero-order valence-electron chi connectivity index (χ0n) is 19.4. The molecule has 34 heavy (non-hydrogen) atoms. The summed E-state index contributed by atoms with van der Waals surface area (Å²) < 4.78 is 5.20. The van der Waals surface area contributed by atoms with Gasteiger partial charge in [0, 0.05) is 25.2 Å². The molecule has 0 spiro atoms. The summed E-state index contributed by atoms with van der Waals surface area (Å²) in [5.74, 6) is -1.02. The molecule has 6 nitrogen and oxygen atoms in total. The Kier molecular flexibility index (Phi) is 9.40. The Hall–Kier alpha value is -3.93. The molecule has 0 aliphatic heterocycles. The monoisotopic (exact) mass is 458 g/mol. The standard InChI is InChI=1S/C28H30N2O4/c1-22-10-8-9-15-25(22)28(33)29-18-16-27(32)34-21-26(31)30(20-24-13-6-3-7-14-24)19-17-23-11-4-2-5-12-23/h2-15H,16-21H2,1H3,(H,29,33). The zero-order chi connectivity index (χ0) is 24.2. The first-order valence-electron chi connectivity index (χ1n) is 11.4. The third-order valence-corrected chi connectivity index (χ3v) is 5.44. The number of nitrogens with one attached hydrogen (secondary N) is 1. The van der Waals surface area contributed by atoms with Crippen LogP contribution < -0.4 is 5.32 Å². The van der Waals surface area contributed by atoms with E-state index < -0.39 is 5.97 Å². The third kappa shape index (κ3) is 7.89. The largest absolute Gasteiger partial charge is 0.456 e. The van der Waals surface area contributed by atoms with Gasteiger partial charge >= 0.3 is 5.97 Å². The van der Waals surface area contributed by atoms with Crippen LogP contribution in [0.3, 0.4) is 0 Å². The molecule has 0 aliphatic rings. The molecule has 0 radical (unpaired) electrons. The van der Waals surface area contributed by atoms with Gasteiger partial charge in [0.05, 0.1) is 6.42 Å². The summed E-state index contributed by atoms with van der Waals surface area (Å²) in [5, 5.41) is 2.72. The fraction of sp³-hybridized carbons (Fsp3) is 0.250. The molecule has 3 aromatic carbocycles. The van der Waals surface area contributed by atoms with Gasteiger partial charge in [-0.1, -0.05) is 78.9 Å². The smallest absolute Gasteiger partial charge is 0.308 e. The maximum Gasteiger partial charge on any atom is 0.308 e. The molecule has 0 fully saturated rings. The highest BCUT2D eigenvalue weighted by molar-refractivity contribution is 5.95. The van der Waals surface area contributed by atoms with Crippen LogP contribution in [0.4, 0.5) is 0 Å². The highest BCUT2D eigenvalue weighted by Crippen LogP contribution is 2.09. The van der Waals surface area contributed by atoms with E-state index in [2.05, 4.69) is 5.32 Å². The number of nitrogens with zero attached hydrogens (tertiary/aromatic N) is 1. The van der Waals surface area contributed by atoms with E-state index >= 15 is 0 Å². The second-order valence-corrected chi connectivity index (χ2v) is 8.02. The first kappa shape index (κ1) is 24.7. The van der Waals surface area contributed by atoms with Crippen LogP contribution in [0, 0.1) is 6.92 Å². The Balaban J connectivity index is 1.47. The lowest BCUT2D eigenvalue weighted by atomic mass is 10.1. The number of amides is 2. The van der Waals surface area contributed by atoms with Crippen molar-refractivity contribution in [1.82, 2.24) is 10.2 Å². The van der Waals surface area contributed by atoms with Crippen molar-refractivity contribution in [2.45, 2.75) is 26.3 Å². The van der Waals surface area contributed by atoms with E-state index in [9.17, 15) is 14.4 Å². The number of aryl methyl sites for hydroxylation is 1. The number of esters is 1. The van der Waals surface area contributed by atoms with Gasteiger partial charge in [-0.15, -0.1) is 0 Å². The molecule has 0 saturated carbocycles. The highest BCUT2D eigenvalue weighted by atomic mass is 16.5.